The Balaban J connectivity index is 2.37. The highest BCUT2D eigenvalue weighted by Gasteiger charge is 2.15. The van der Waals surface area contributed by atoms with Gasteiger partial charge in [-0.15, -0.1) is 0 Å². The highest BCUT2D eigenvalue weighted by molar-refractivity contribution is 5.61. The van der Waals surface area contributed by atoms with Crippen molar-refractivity contribution in [3.63, 3.8) is 0 Å². The fourth-order valence-corrected chi connectivity index (χ4v) is 1.97. The van der Waals surface area contributed by atoms with E-state index in [1.807, 2.05) is 13.8 Å². The molecule has 1 aromatic carbocycles. The molecule has 0 spiro atoms. The summed E-state index contributed by atoms with van der Waals surface area (Å²) in [6, 6.07) is 6.27. The summed E-state index contributed by atoms with van der Waals surface area (Å²) in [7, 11) is 0. The van der Waals surface area contributed by atoms with Gasteiger partial charge < -0.3 is 10.1 Å². The SMILES string of the molecule is CCC(CO)c1nc(-c2ccc(F)cc2)c(C)[nH]1. The Kier molecular flexibility index (Phi) is 3.77. The predicted molar refractivity (Wildman–Crippen MR) is 68.8 cm³/mol. The van der Waals surface area contributed by atoms with Crippen molar-refractivity contribution in [2.24, 2.45) is 0 Å². The number of H-pyrrole nitrogens is 1. The summed E-state index contributed by atoms with van der Waals surface area (Å²) in [5.74, 6) is 0.559. The molecular formula is C14H17FN2O. The number of rotatable bonds is 4. The molecule has 0 fully saturated rings. The standard InChI is InChI=1S/C14H17FN2O/c1-3-10(8-18)14-16-9(2)13(17-14)11-4-6-12(15)7-5-11/h4-7,10,18H,3,8H2,1-2H3,(H,16,17). The molecule has 0 aliphatic carbocycles. The molecule has 96 valence electrons. The molecule has 4 heteroatoms. The number of halogens is 1. The molecule has 2 N–H and O–H groups in total. The molecule has 0 saturated heterocycles. The maximum Gasteiger partial charge on any atom is 0.123 e. The Morgan fingerprint density at radius 2 is 2.00 bits per heavy atom. The molecule has 3 nitrogen and oxygen atoms in total. The number of aliphatic hydroxyl groups is 1. The first kappa shape index (κ1) is 12.8. The van der Waals surface area contributed by atoms with E-state index < -0.39 is 0 Å². The van der Waals surface area contributed by atoms with E-state index in [1.54, 1.807) is 12.1 Å². The van der Waals surface area contributed by atoms with Crippen LogP contribution in [0, 0.1) is 12.7 Å². The number of imidazole rings is 1. The van der Waals surface area contributed by atoms with E-state index in [9.17, 15) is 9.50 Å². The average Bonchev–Trinajstić information content (AvgIpc) is 2.74. The molecule has 0 radical (unpaired) electrons. The van der Waals surface area contributed by atoms with Crippen molar-refractivity contribution in [3.05, 3.63) is 41.6 Å². The highest BCUT2D eigenvalue weighted by atomic mass is 19.1. The number of nitrogens with zero attached hydrogens (tertiary/aromatic N) is 1. The molecule has 1 aromatic heterocycles. The minimum Gasteiger partial charge on any atom is -0.396 e. The number of benzene rings is 1. The van der Waals surface area contributed by atoms with Crippen molar-refractivity contribution in [2.45, 2.75) is 26.2 Å². The largest absolute Gasteiger partial charge is 0.396 e. The van der Waals surface area contributed by atoms with Gasteiger partial charge >= 0.3 is 0 Å². The van der Waals surface area contributed by atoms with E-state index in [1.165, 1.54) is 12.1 Å². The van der Waals surface area contributed by atoms with Gasteiger partial charge in [0.2, 0.25) is 0 Å². The van der Waals surface area contributed by atoms with Crippen LogP contribution in [0.5, 0.6) is 0 Å². The summed E-state index contributed by atoms with van der Waals surface area (Å²) in [6.07, 6.45) is 0.826. The Labute approximate surface area is 106 Å². The third-order valence-corrected chi connectivity index (χ3v) is 3.12. The van der Waals surface area contributed by atoms with Gasteiger partial charge in [0.1, 0.15) is 11.6 Å². The predicted octanol–water partition coefficient (Wildman–Crippen LogP) is 3.01. The Bertz CT molecular complexity index is 515. The third kappa shape index (κ3) is 2.43. The van der Waals surface area contributed by atoms with Crippen molar-refractivity contribution < 1.29 is 9.50 Å². The molecule has 18 heavy (non-hydrogen) atoms. The van der Waals surface area contributed by atoms with Crippen LogP contribution >= 0.6 is 0 Å². The van der Waals surface area contributed by atoms with Crippen LogP contribution in [0.2, 0.25) is 0 Å². The van der Waals surface area contributed by atoms with Crippen LogP contribution in [-0.4, -0.2) is 21.7 Å². The van der Waals surface area contributed by atoms with Crippen molar-refractivity contribution in [1.82, 2.24) is 9.97 Å². The second kappa shape index (κ2) is 5.31. The lowest BCUT2D eigenvalue weighted by atomic mass is 10.1. The molecule has 1 atom stereocenters. The van der Waals surface area contributed by atoms with Crippen LogP contribution in [0.25, 0.3) is 11.3 Å². The van der Waals surface area contributed by atoms with Gasteiger partial charge in [-0.3, -0.25) is 0 Å². The van der Waals surface area contributed by atoms with Gasteiger partial charge in [0.15, 0.2) is 0 Å². The molecule has 1 unspecified atom stereocenters. The number of nitrogens with one attached hydrogen (secondary N) is 1. The van der Waals surface area contributed by atoms with Gasteiger partial charge in [-0.25, -0.2) is 9.37 Å². The zero-order valence-corrected chi connectivity index (χ0v) is 10.6. The van der Waals surface area contributed by atoms with E-state index >= 15 is 0 Å². The van der Waals surface area contributed by atoms with Crippen LogP contribution in [0.1, 0.15) is 30.8 Å². The smallest absolute Gasteiger partial charge is 0.123 e. The molecule has 0 amide bonds. The molecule has 0 bridgehead atoms. The maximum absolute atomic E-state index is 12.9. The van der Waals surface area contributed by atoms with Crippen molar-refractivity contribution >= 4 is 0 Å². The number of hydrogen-bond donors (Lipinski definition) is 2. The van der Waals surface area contributed by atoms with Gasteiger partial charge in [0, 0.05) is 17.2 Å². The van der Waals surface area contributed by atoms with Gasteiger partial charge in [-0.05, 0) is 37.6 Å². The number of aromatic amines is 1. The second-order valence-electron chi connectivity index (χ2n) is 4.39. The van der Waals surface area contributed by atoms with Gasteiger partial charge in [-0.1, -0.05) is 6.92 Å². The average molecular weight is 248 g/mol. The summed E-state index contributed by atoms with van der Waals surface area (Å²) in [6.45, 7) is 4.02. The van der Waals surface area contributed by atoms with Crippen LogP contribution in [-0.2, 0) is 0 Å². The van der Waals surface area contributed by atoms with Gasteiger partial charge in [0.25, 0.3) is 0 Å². The molecule has 1 heterocycles. The number of hydrogen-bond acceptors (Lipinski definition) is 2. The van der Waals surface area contributed by atoms with Crippen molar-refractivity contribution in [2.75, 3.05) is 6.61 Å². The van der Waals surface area contributed by atoms with E-state index in [0.717, 1.165) is 29.2 Å². The summed E-state index contributed by atoms with van der Waals surface area (Å²) < 4.78 is 12.9. The normalized spacial score (nSPS) is 12.7. The Hall–Kier alpha value is -1.68. The highest BCUT2D eigenvalue weighted by Crippen LogP contribution is 2.25. The first-order valence-electron chi connectivity index (χ1n) is 6.09. The van der Waals surface area contributed by atoms with Crippen molar-refractivity contribution in [1.29, 1.82) is 0 Å². The zero-order chi connectivity index (χ0) is 13.1. The molecule has 2 aromatic rings. The zero-order valence-electron chi connectivity index (χ0n) is 10.6. The molecule has 2 rings (SSSR count). The quantitative estimate of drug-likeness (QED) is 0.873. The summed E-state index contributed by atoms with van der Waals surface area (Å²) in [5, 5.41) is 9.28. The summed E-state index contributed by atoms with van der Waals surface area (Å²) in [5.41, 5.74) is 2.63. The fourth-order valence-electron chi connectivity index (χ4n) is 1.97. The fraction of sp³-hybridized carbons (Fsp3) is 0.357. The van der Waals surface area contributed by atoms with Crippen LogP contribution in [0.3, 0.4) is 0 Å². The van der Waals surface area contributed by atoms with E-state index in [-0.39, 0.29) is 18.3 Å². The molecule has 0 aliphatic rings. The van der Waals surface area contributed by atoms with Gasteiger partial charge in [0.05, 0.1) is 12.3 Å². The number of aromatic nitrogens is 2. The first-order valence-corrected chi connectivity index (χ1v) is 6.09. The van der Waals surface area contributed by atoms with Crippen LogP contribution in [0.15, 0.2) is 24.3 Å². The molecular weight excluding hydrogens is 231 g/mol. The van der Waals surface area contributed by atoms with E-state index in [0.29, 0.717) is 0 Å². The number of aryl methyl sites for hydroxylation is 1. The van der Waals surface area contributed by atoms with Gasteiger partial charge in [-0.2, -0.15) is 0 Å². The third-order valence-electron chi connectivity index (χ3n) is 3.12. The van der Waals surface area contributed by atoms with Crippen LogP contribution in [0.4, 0.5) is 4.39 Å². The van der Waals surface area contributed by atoms with E-state index in [2.05, 4.69) is 9.97 Å². The monoisotopic (exact) mass is 248 g/mol. The second-order valence-corrected chi connectivity index (χ2v) is 4.39. The molecule has 0 saturated carbocycles. The minimum atomic E-state index is -0.256. The molecule has 0 aliphatic heterocycles. The maximum atomic E-state index is 12.9. The van der Waals surface area contributed by atoms with E-state index in [4.69, 9.17) is 0 Å². The van der Waals surface area contributed by atoms with Crippen LogP contribution < -0.4 is 0 Å². The Morgan fingerprint density at radius 3 is 2.56 bits per heavy atom. The lowest BCUT2D eigenvalue weighted by Crippen LogP contribution is -2.04. The first-order chi connectivity index (χ1) is 8.65. The number of aliphatic hydroxyl groups excluding tert-OH is 1. The lowest BCUT2D eigenvalue weighted by molar-refractivity contribution is 0.258. The topological polar surface area (TPSA) is 48.9 Å². The summed E-state index contributed by atoms with van der Waals surface area (Å²) in [4.78, 5) is 7.71. The summed E-state index contributed by atoms with van der Waals surface area (Å²) >= 11 is 0. The lowest BCUT2D eigenvalue weighted by Gasteiger charge is -2.06. The Morgan fingerprint density at radius 1 is 1.33 bits per heavy atom. The minimum absolute atomic E-state index is 0.0258. The van der Waals surface area contributed by atoms with Crippen molar-refractivity contribution in [3.8, 4) is 11.3 Å².